The van der Waals surface area contributed by atoms with E-state index in [2.05, 4.69) is 77.8 Å². The lowest BCUT2D eigenvalue weighted by Gasteiger charge is -2.07. The van der Waals surface area contributed by atoms with E-state index < -0.39 is 0 Å². The van der Waals surface area contributed by atoms with Crippen molar-refractivity contribution in [1.82, 2.24) is 4.98 Å². The molecule has 1 aliphatic rings. The van der Waals surface area contributed by atoms with Crippen LogP contribution in [0.5, 0.6) is 0 Å². The van der Waals surface area contributed by atoms with Crippen LogP contribution in [0.15, 0.2) is 102 Å². The number of allylic oxidation sites excluding steroid dienone is 4. The zero-order valence-corrected chi connectivity index (χ0v) is 18.0. The second-order valence-corrected chi connectivity index (χ2v) is 8.32. The summed E-state index contributed by atoms with van der Waals surface area (Å²) in [6.07, 6.45) is 12.3. The van der Waals surface area contributed by atoms with Crippen LogP contribution in [-0.4, -0.2) is 4.98 Å². The van der Waals surface area contributed by atoms with Crippen LogP contribution in [0, 0.1) is 11.3 Å². The van der Waals surface area contributed by atoms with Gasteiger partial charge >= 0.3 is 0 Å². The van der Waals surface area contributed by atoms with Crippen molar-refractivity contribution < 1.29 is 4.42 Å². The van der Waals surface area contributed by atoms with Crippen LogP contribution >= 0.6 is 0 Å². The molecule has 0 fully saturated rings. The van der Waals surface area contributed by atoms with Crippen molar-refractivity contribution >= 4 is 27.5 Å². The second-order valence-electron chi connectivity index (χ2n) is 8.32. The first kappa shape index (κ1) is 19.3. The smallest absolute Gasteiger partial charge is 0.135 e. The Kier molecular flexibility index (Phi) is 4.63. The van der Waals surface area contributed by atoms with Crippen molar-refractivity contribution in [2.45, 2.75) is 12.8 Å². The molecular formula is C30H20N2O. The van der Waals surface area contributed by atoms with E-state index in [1.54, 1.807) is 12.4 Å². The molecule has 0 unspecified atom stereocenters. The molecule has 0 radical (unpaired) electrons. The van der Waals surface area contributed by atoms with Crippen LogP contribution in [0.2, 0.25) is 0 Å². The highest BCUT2D eigenvalue weighted by Crippen LogP contribution is 2.35. The van der Waals surface area contributed by atoms with Crippen molar-refractivity contribution in [3.63, 3.8) is 0 Å². The van der Waals surface area contributed by atoms with Gasteiger partial charge in [0.05, 0.1) is 5.56 Å². The Hall–Kier alpha value is -4.42. The third-order valence-electron chi connectivity index (χ3n) is 6.19. The summed E-state index contributed by atoms with van der Waals surface area (Å²) in [5.41, 5.74) is 9.05. The predicted molar refractivity (Wildman–Crippen MR) is 133 cm³/mol. The van der Waals surface area contributed by atoms with Gasteiger partial charge in [-0.05, 0) is 77.1 Å². The number of fused-ring (bicyclic) bond motifs is 3. The van der Waals surface area contributed by atoms with Crippen molar-refractivity contribution in [2.75, 3.05) is 0 Å². The highest BCUT2D eigenvalue weighted by atomic mass is 16.3. The molecule has 3 nitrogen and oxygen atoms in total. The summed E-state index contributed by atoms with van der Waals surface area (Å²) in [7, 11) is 0. The van der Waals surface area contributed by atoms with Gasteiger partial charge < -0.3 is 4.42 Å². The number of nitrogens with zero attached hydrogens (tertiary/aromatic N) is 2. The number of benzene rings is 3. The summed E-state index contributed by atoms with van der Waals surface area (Å²) < 4.78 is 6.13. The van der Waals surface area contributed by atoms with Gasteiger partial charge in [0, 0.05) is 28.7 Å². The van der Waals surface area contributed by atoms with E-state index in [1.165, 1.54) is 11.1 Å². The monoisotopic (exact) mass is 424 g/mol. The minimum atomic E-state index is 0.558. The maximum absolute atomic E-state index is 9.20. The molecule has 0 atom stereocenters. The summed E-state index contributed by atoms with van der Waals surface area (Å²) in [5, 5.41) is 11.4. The Bertz CT molecular complexity index is 1630. The van der Waals surface area contributed by atoms with Crippen LogP contribution in [0.25, 0.3) is 49.8 Å². The first-order valence-corrected chi connectivity index (χ1v) is 11.1. The van der Waals surface area contributed by atoms with E-state index in [9.17, 15) is 5.26 Å². The second kappa shape index (κ2) is 7.93. The van der Waals surface area contributed by atoms with Crippen LogP contribution in [-0.2, 0) is 0 Å². The molecule has 2 aromatic heterocycles. The normalized spacial score (nSPS) is 13.2. The molecule has 0 spiro atoms. The minimum absolute atomic E-state index is 0.558. The lowest BCUT2D eigenvalue weighted by Crippen LogP contribution is -1.86. The molecule has 0 saturated heterocycles. The molecule has 6 rings (SSSR count). The average Bonchev–Trinajstić information content (AvgIpc) is 3.26. The molecular weight excluding hydrogens is 404 g/mol. The summed E-state index contributed by atoms with van der Waals surface area (Å²) in [4.78, 5) is 4.20. The van der Waals surface area contributed by atoms with Gasteiger partial charge in [0.1, 0.15) is 17.2 Å². The third kappa shape index (κ3) is 3.52. The fourth-order valence-electron chi connectivity index (χ4n) is 4.50. The van der Waals surface area contributed by atoms with Gasteiger partial charge in [-0.3, -0.25) is 4.98 Å². The lowest BCUT2D eigenvalue weighted by molar-refractivity contribution is 0.669. The van der Waals surface area contributed by atoms with E-state index in [0.29, 0.717) is 5.56 Å². The molecule has 5 aromatic rings. The fourth-order valence-corrected chi connectivity index (χ4v) is 4.50. The zero-order valence-electron chi connectivity index (χ0n) is 18.0. The predicted octanol–water partition coefficient (Wildman–Crippen LogP) is 7.92. The first-order valence-electron chi connectivity index (χ1n) is 11.1. The number of aromatic nitrogens is 1. The number of pyridine rings is 1. The summed E-state index contributed by atoms with van der Waals surface area (Å²) >= 11 is 0. The SMILES string of the molecule is N#Cc1cncc(-c2cccc(-c3ccc4oc5ccc(C6=CCCC=C6)cc5c4c3)c2)c1. The molecule has 33 heavy (non-hydrogen) atoms. The summed E-state index contributed by atoms with van der Waals surface area (Å²) in [6.45, 7) is 0. The van der Waals surface area contributed by atoms with Gasteiger partial charge in [-0.15, -0.1) is 0 Å². The molecule has 0 N–H and O–H groups in total. The molecule has 0 saturated carbocycles. The highest BCUT2D eigenvalue weighted by molar-refractivity contribution is 6.07. The van der Waals surface area contributed by atoms with Gasteiger partial charge in [0.25, 0.3) is 0 Å². The quantitative estimate of drug-likeness (QED) is 0.295. The number of furan rings is 1. The fraction of sp³-hybridized carbons (Fsp3) is 0.0667. The van der Waals surface area contributed by atoms with Gasteiger partial charge in [0.2, 0.25) is 0 Å². The Morgan fingerprint density at radius 3 is 2.21 bits per heavy atom. The van der Waals surface area contributed by atoms with Crippen LogP contribution in [0.1, 0.15) is 24.0 Å². The van der Waals surface area contributed by atoms with E-state index in [-0.39, 0.29) is 0 Å². The van der Waals surface area contributed by atoms with E-state index in [4.69, 9.17) is 4.42 Å². The lowest BCUT2D eigenvalue weighted by atomic mass is 9.96. The third-order valence-corrected chi connectivity index (χ3v) is 6.19. The molecule has 3 heteroatoms. The Labute approximate surface area is 191 Å². The number of rotatable bonds is 3. The Morgan fingerprint density at radius 2 is 1.45 bits per heavy atom. The van der Waals surface area contributed by atoms with Crippen molar-refractivity contribution in [1.29, 1.82) is 5.26 Å². The largest absolute Gasteiger partial charge is 0.456 e. The van der Waals surface area contributed by atoms with Crippen LogP contribution in [0.4, 0.5) is 0 Å². The highest BCUT2D eigenvalue weighted by Gasteiger charge is 2.11. The van der Waals surface area contributed by atoms with Crippen LogP contribution < -0.4 is 0 Å². The van der Waals surface area contributed by atoms with E-state index in [1.807, 2.05) is 18.2 Å². The van der Waals surface area contributed by atoms with Gasteiger partial charge in [-0.25, -0.2) is 0 Å². The van der Waals surface area contributed by atoms with Gasteiger partial charge in [-0.2, -0.15) is 5.26 Å². The molecule has 0 aliphatic heterocycles. The zero-order chi connectivity index (χ0) is 22.2. The molecule has 0 bridgehead atoms. The van der Waals surface area contributed by atoms with Crippen molar-refractivity contribution in [2.24, 2.45) is 0 Å². The standard InChI is InChI=1S/C30H20N2O/c31-17-20-13-26(19-32-18-20)23-8-4-7-22(14-23)25-10-12-30-28(16-25)27-15-24(9-11-29(27)33-30)21-5-2-1-3-6-21/h2,4-16,18-19H,1,3H2. The van der Waals surface area contributed by atoms with Crippen molar-refractivity contribution in [3.05, 3.63) is 108 Å². The topological polar surface area (TPSA) is 49.8 Å². The molecule has 1 aliphatic carbocycles. The molecule has 156 valence electrons. The van der Waals surface area contributed by atoms with E-state index in [0.717, 1.165) is 57.0 Å². The van der Waals surface area contributed by atoms with Gasteiger partial charge in [-0.1, -0.05) is 48.6 Å². The molecule has 0 amide bonds. The van der Waals surface area contributed by atoms with Crippen LogP contribution in [0.3, 0.4) is 0 Å². The summed E-state index contributed by atoms with van der Waals surface area (Å²) in [6, 6.07) is 25.2. The van der Waals surface area contributed by atoms with Crippen molar-refractivity contribution in [3.8, 4) is 28.3 Å². The first-order chi connectivity index (χ1) is 16.3. The maximum atomic E-state index is 9.20. The number of hydrogen-bond donors (Lipinski definition) is 0. The summed E-state index contributed by atoms with van der Waals surface area (Å²) in [5.74, 6) is 0. The Morgan fingerprint density at radius 1 is 0.727 bits per heavy atom. The molecule has 3 aromatic carbocycles. The van der Waals surface area contributed by atoms with E-state index >= 15 is 0 Å². The minimum Gasteiger partial charge on any atom is -0.456 e. The number of hydrogen-bond acceptors (Lipinski definition) is 3. The molecule has 2 heterocycles. The average molecular weight is 425 g/mol. The number of nitriles is 1. The Balaban J connectivity index is 1.45. The maximum Gasteiger partial charge on any atom is 0.135 e. The van der Waals surface area contributed by atoms with Gasteiger partial charge in [0.15, 0.2) is 0 Å².